The van der Waals surface area contributed by atoms with E-state index in [1.54, 1.807) is 13.1 Å². The Morgan fingerprint density at radius 2 is 1.96 bits per heavy atom. The van der Waals surface area contributed by atoms with E-state index in [1.807, 2.05) is 23.6 Å². The number of unbranched alkanes of at least 4 members (excludes halogenated alkanes) is 1. The van der Waals surface area contributed by atoms with Crippen LogP contribution >= 0.6 is 15.9 Å². The molecule has 1 aliphatic rings. The lowest BCUT2D eigenvalue weighted by atomic mass is 9.96. The number of nitrogens with zero attached hydrogens (tertiary/aromatic N) is 2. The van der Waals surface area contributed by atoms with Crippen molar-refractivity contribution in [1.82, 2.24) is 15.2 Å². The van der Waals surface area contributed by atoms with E-state index >= 15 is 0 Å². The molecular weight excluding hydrogens is 416 g/mol. The fraction of sp³-hybridized carbons (Fsp3) is 0.455. The van der Waals surface area contributed by atoms with Crippen LogP contribution in [0.1, 0.15) is 36.9 Å². The molecule has 1 aromatic heterocycles. The van der Waals surface area contributed by atoms with E-state index in [2.05, 4.69) is 55.8 Å². The molecule has 0 radical (unpaired) electrons. The molecule has 1 aliphatic carbocycles. The number of halogens is 1. The second-order valence-corrected chi connectivity index (χ2v) is 8.42. The van der Waals surface area contributed by atoms with E-state index in [4.69, 9.17) is 0 Å². The van der Waals surface area contributed by atoms with E-state index in [-0.39, 0.29) is 11.0 Å². The van der Waals surface area contributed by atoms with E-state index < -0.39 is 0 Å². The average Bonchev–Trinajstić information content (AvgIpc) is 3.47. The number of aryl methyl sites for hydroxylation is 1. The zero-order chi connectivity index (χ0) is 20.0. The maximum atomic E-state index is 11.9. The summed E-state index contributed by atoms with van der Waals surface area (Å²) in [6.07, 6.45) is 4.35. The molecule has 0 saturated heterocycles. The van der Waals surface area contributed by atoms with Crippen molar-refractivity contribution in [2.75, 3.05) is 20.1 Å². The normalized spacial score (nSPS) is 15.3. The van der Waals surface area contributed by atoms with Crippen molar-refractivity contribution >= 4 is 21.9 Å². The van der Waals surface area contributed by atoms with Gasteiger partial charge in [-0.15, -0.1) is 0 Å². The second kappa shape index (κ2) is 9.41. The molecule has 0 unspecified atom stereocenters. The monoisotopic (exact) mass is 444 g/mol. The van der Waals surface area contributed by atoms with Crippen molar-refractivity contribution in [3.63, 3.8) is 0 Å². The number of aliphatic imine (C=N–C) groups is 1. The van der Waals surface area contributed by atoms with Gasteiger partial charge in [0, 0.05) is 48.3 Å². The average molecular weight is 445 g/mol. The quantitative estimate of drug-likeness (QED) is 0.371. The Morgan fingerprint density at radius 1 is 1.18 bits per heavy atom. The molecule has 2 aromatic rings. The van der Waals surface area contributed by atoms with Crippen LogP contribution in [0.2, 0.25) is 0 Å². The van der Waals surface area contributed by atoms with Gasteiger partial charge < -0.3 is 15.2 Å². The Hall–Kier alpha value is -2.08. The summed E-state index contributed by atoms with van der Waals surface area (Å²) in [5.74, 6) is 0.842. The molecule has 1 aromatic carbocycles. The molecule has 0 bridgehead atoms. The molecule has 150 valence electrons. The lowest BCUT2D eigenvalue weighted by molar-refractivity contribution is 0.572. The van der Waals surface area contributed by atoms with Crippen LogP contribution in [0.4, 0.5) is 0 Å². The Balaban J connectivity index is 1.41. The van der Waals surface area contributed by atoms with Crippen molar-refractivity contribution in [2.45, 2.75) is 44.6 Å². The highest BCUT2D eigenvalue weighted by Gasteiger charge is 2.44. The first-order valence-corrected chi connectivity index (χ1v) is 10.7. The van der Waals surface area contributed by atoms with E-state index in [0.29, 0.717) is 0 Å². The second-order valence-electron chi connectivity index (χ2n) is 7.51. The Labute approximate surface area is 175 Å². The molecule has 1 saturated carbocycles. The Bertz CT molecular complexity index is 886. The topological polar surface area (TPSA) is 58.4 Å². The van der Waals surface area contributed by atoms with Gasteiger partial charge in [-0.2, -0.15) is 0 Å². The van der Waals surface area contributed by atoms with Crippen molar-refractivity contribution in [3.8, 4) is 0 Å². The third kappa shape index (κ3) is 5.25. The van der Waals surface area contributed by atoms with Crippen LogP contribution in [0.25, 0.3) is 0 Å². The van der Waals surface area contributed by atoms with Gasteiger partial charge in [0.15, 0.2) is 5.96 Å². The minimum Gasteiger partial charge on any atom is -0.356 e. The summed E-state index contributed by atoms with van der Waals surface area (Å²) in [4.78, 5) is 16.2. The fourth-order valence-electron chi connectivity index (χ4n) is 3.52. The number of guanidine groups is 1. The first-order valence-electron chi connectivity index (χ1n) is 9.91. The number of aromatic nitrogens is 1. The van der Waals surface area contributed by atoms with Crippen molar-refractivity contribution in [1.29, 1.82) is 0 Å². The van der Waals surface area contributed by atoms with Gasteiger partial charge in [0.25, 0.3) is 5.56 Å². The van der Waals surface area contributed by atoms with Crippen molar-refractivity contribution < 1.29 is 0 Å². The highest BCUT2D eigenvalue weighted by Crippen LogP contribution is 2.48. The highest BCUT2D eigenvalue weighted by molar-refractivity contribution is 9.10. The summed E-state index contributed by atoms with van der Waals surface area (Å²) >= 11 is 3.57. The number of pyridine rings is 1. The third-order valence-corrected chi connectivity index (χ3v) is 5.97. The summed E-state index contributed by atoms with van der Waals surface area (Å²) < 4.78 is 2.97. The van der Waals surface area contributed by atoms with E-state index in [9.17, 15) is 4.79 Å². The maximum Gasteiger partial charge on any atom is 0.250 e. The standard InChI is InChI=1S/C22H29BrN4O/c1-17-7-5-10-20(28)27(17)14-4-3-13-25-21(24-2)26-16-22(11-12-22)18-8-6-9-19(23)15-18/h5-10,15H,3-4,11-14,16H2,1-2H3,(H2,24,25,26). The molecule has 0 spiro atoms. The summed E-state index contributed by atoms with van der Waals surface area (Å²) in [6, 6.07) is 14.0. The molecule has 28 heavy (non-hydrogen) atoms. The van der Waals surface area contributed by atoms with Gasteiger partial charge in [0.05, 0.1) is 0 Å². The number of hydrogen-bond acceptors (Lipinski definition) is 2. The maximum absolute atomic E-state index is 11.9. The summed E-state index contributed by atoms with van der Waals surface area (Å²) in [5, 5.41) is 6.88. The third-order valence-electron chi connectivity index (χ3n) is 5.48. The molecule has 0 atom stereocenters. The molecule has 1 fully saturated rings. The SMILES string of the molecule is CN=C(NCCCCn1c(C)cccc1=O)NCC1(c2cccc(Br)c2)CC1. The molecule has 3 rings (SSSR count). The molecule has 0 amide bonds. The van der Waals surface area contributed by atoms with Crippen LogP contribution in [0.5, 0.6) is 0 Å². The zero-order valence-corrected chi connectivity index (χ0v) is 18.3. The first-order chi connectivity index (χ1) is 13.5. The number of hydrogen-bond donors (Lipinski definition) is 2. The van der Waals surface area contributed by atoms with Gasteiger partial charge in [-0.1, -0.05) is 34.1 Å². The molecule has 2 N–H and O–H groups in total. The van der Waals surface area contributed by atoms with Crippen molar-refractivity contribution in [3.05, 3.63) is 68.5 Å². The summed E-state index contributed by atoms with van der Waals surface area (Å²) in [6.45, 7) is 4.46. The smallest absolute Gasteiger partial charge is 0.250 e. The Kier molecular flexibility index (Phi) is 6.94. The number of nitrogens with one attached hydrogen (secondary N) is 2. The zero-order valence-electron chi connectivity index (χ0n) is 16.7. The molecule has 1 heterocycles. The van der Waals surface area contributed by atoms with Gasteiger partial charge in [-0.25, -0.2) is 0 Å². The lowest BCUT2D eigenvalue weighted by Crippen LogP contribution is -2.41. The summed E-state index contributed by atoms with van der Waals surface area (Å²) in [5.41, 5.74) is 2.70. The minimum atomic E-state index is 0.0766. The van der Waals surface area contributed by atoms with Gasteiger partial charge in [-0.05, 0) is 56.4 Å². The van der Waals surface area contributed by atoms with E-state index in [0.717, 1.165) is 48.6 Å². The first kappa shape index (κ1) is 20.6. The van der Waals surface area contributed by atoms with Crippen LogP contribution in [-0.2, 0) is 12.0 Å². The van der Waals surface area contributed by atoms with E-state index in [1.165, 1.54) is 18.4 Å². The predicted molar refractivity (Wildman–Crippen MR) is 119 cm³/mol. The number of benzene rings is 1. The number of rotatable bonds is 8. The van der Waals surface area contributed by atoms with Crippen LogP contribution in [0.3, 0.4) is 0 Å². The minimum absolute atomic E-state index is 0.0766. The van der Waals surface area contributed by atoms with Gasteiger partial charge >= 0.3 is 0 Å². The summed E-state index contributed by atoms with van der Waals surface area (Å²) in [7, 11) is 1.81. The largest absolute Gasteiger partial charge is 0.356 e. The van der Waals surface area contributed by atoms with Gasteiger partial charge in [0.1, 0.15) is 0 Å². The fourth-order valence-corrected chi connectivity index (χ4v) is 3.92. The Morgan fingerprint density at radius 3 is 2.64 bits per heavy atom. The highest BCUT2D eigenvalue weighted by atomic mass is 79.9. The van der Waals surface area contributed by atoms with Crippen LogP contribution in [0, 0.1) is 6.92 Å². The van der Waals surface area contributed by atoms with Crippen LogP contribution in [0.15, 0.2) is 56.7 Å². The van der Waals surface area contributed by atoms with Crippen molar-refractivity contribution in [2.24, 2.45) is 4.99 Å². The van der Waals surface area contributed by atoms with Crippen LogP contribution in [-0.4, -0.2) is 30.7 Å². The predicted octanol–water partition coefficient (Wildman–Crippen LogP) is 3.60. The molecule has 5 nitrogen and oxygen atoms in total. The molecule has 6 heteroatoms. The van der Waals surface area contributed by atoms with Gasteiger partial charge in [0.2, 0.25) is 0 Å². The van der Waals surface area contributed by atoms with Crippen LogP contribution < -0.4 is 16.2 Å². The van der Waals surface area contributed by atoms with Gasteiger partial charge in [-0.3, -0.25) is 9.79 Å². The lowest BCUT2D eigenvalue weighted by Gasteiger charge is -2.19. The molecule has 0 aliphatic heterocycles. The molecular formula is C22H29BrN4O.